The third-order valence-electron chi connectivity index (χ3n) is 1.66. The Kier molecular flexibility index (Phi) is 2.59. The van der Waals surface area contributed by atoms with Gasteiger partial charge in [0.05, 0.1) is 0 Å². The van der Waals surface area contributed by atoms with Crippen molar-refractivity contribution < 1.29 is 14.3 Å². The highest BCUT2D eigenvalue weighted by Crippen LogP contribution is 2.18. The van der Waals surface area contributed by atoms with Gasteiger partial charge in [-0.15, -0.1) is 0 Å². The summed E-state index contributed by atoms with van der Waals surface area (Å²) in [6, 6.07) is 0. The predicted molar refractivity (Wildman–Crippen MR) is 47.4 cm³/mol. The van der Waals surface area contributed by atoms with E-state index in [2.05, 4.69) is 5.32 Å². The summed E-state index contributed by atoms with van der Waals surface area (Å²) < 4.78 is 4.96. The topological polar surface area (TPSA) is 55.4 Å². The van der Waals surface area contributed by atoms with E-state index in [9.17, 15) is 9.59 Å². The van der Waals surface area contributed by atoms with Crippen LogP contribution in [0, 0.1) is 0 Å². The van der Waals surface area contributed by atoms with Gasteiger partial charge in [-0.25, -0.2) is 4.79 Å². The van der Waals surface area contributed by atoms with Gasteiger partial charge in [0.15, 0.2) is 0 Å². The molecule has 0 aromatic carbocycles. The van der Waals surface area contributed by atoms with Crippen molar-refractivity contribution in [3.8, 4) is 0 Å². The Morgan fingerprint density at radius 3 is 2.38 bits per heavy atom. The lowest BCUT2D eigenvalue weighted by molar-refractivity contribution is -0.130. The first-order valence-corrected chi connectivity index (χ1v) is 4.37. The van der Waals surface area contributed by atoms with E-state index < -0.39 is 6.09 Å². The van der Waals surface area contributed by atoms with Crippen molar-refractivity contribution in [3.63, 3.8) is 0 Å². The fourth-order valence-corrected chi connectivity index (χ4v) is 1.02. The molecule has 1 aliphatic rings. The molecule has 0 radical (unpaired) electrons. The third-order valence-corrected chi connectivity index (χ3v) is 1.66. The minimum Gasteiger partial charge on any atom is -0.445 e. The van der Waals surface area contributed by atoms with Gasteiger partial charge in [0, 0.05) is 18.4 Å². The summed E-state index contributed by atoms with van der Waals surface area (Å²) >= 11 is 0. The van der Waals surface area contributed by atoms with E-state index in [1.165, 1.54) is 0 Å². The molecular weight excluding hydrogens is 170 g/mol. The van der Waals surface area contributed by atoms with Crippen LogP contribution in [0.2, 0.25) is 0 Å². The van der Waals surface area contributed by atoms with Crippen LogP contribution in [0.3, 0.4) is 0 Å². The second-order valence-electron chi connectivity index (χ2n) is 4.35. The Balaban J connectivity index is 2.22. The van der Waals surface area contributed by atoms with Crippen LogP contribution in [0.1, 0.15) is 33.6 Å². The lowest BCUT2D eigenvalue weighted by Crippen LogP contribution is -2.44. The molecule has 0 saturated heterocycles. The van der Waals surface area contributed by atoms with Crippen LogP contribution < -0.4 is 5.32 Å². The van der Waals surface area contributed by atoms with Crippen molar-refractivity contribution in [1.29, 1.82) is 0 Å². The number of Topliss-reactive ketones (excluding diaryl/α,β-unsaturated/α-hetero) is 1. The standard InChI is InChI=1S/C9H15NO3/c1-9(2,3)10-8(12)13-7-4-6(11)5-7/h7H,4-5H2,1-3H3,(H,10,12). The smallest absolute Gasteiger partial charge is 0.407 e. The molecule has 1 amide bonds. The van der Waals surface area contributed by atoms with Crippen LogP contribution in [-0.2, 0) is 9.53 Å². The van der Waals surface area contributed by atoms with Gasteiger partial charge in [-0.2, -0.15) is 0 Å². The Labute approximate surface area is 77.6 Å². The zero-order chi connectivity index (χ0) is 10.1. The molecule has 0 bridgehead atoms. The summed E-state index contributed by atoms with van der Waals surface area (Å²) in [5.74, 6) is 0.161. The molecule has 4 heteroatoms. The summed E-state index contributed by atoms with van der Waals surface area (Å²) in [6.07, 6.45) is 0.106. The first-order chi connectivity index (χ1) is 5.87. The van der Waals surface area contributed by atoms with Gasteiger partial charge < -0.3 is 10.1 Å². The van der Waals surface area contributed by atoms with E-state index in [-0.39, 0.29) is 17.4 Å². The van der Waals surface area contributed by atoms with Crippen LogP contribution in [0.4, 0.5) is 4.79 Å². The van der Waals surface area contributed by atoms with Crippen LogP contribution in [0.15, 0.2) is 0 Å². The number of alkyl carbamates (subject to hydrolysis) is 1. The molecule has 1 saturated carbocycles. The Bertz CT molecular complexity index is 222. The minimum atomic E-state index is -0.440. The Morgan fingerprint density at radius 1 is 1.46 bits per heavy atom. The number of amides is 1. The summed E-state index contributed by atoms with van der Waals surface area (Å²) in [4.78, 5) is 21.7. The van der Waals surface area contributed by atoms with Crippen molar-refractivity contribution in [2.45, 2.75) is 45.3 Å². The summed E-state index contributed by atoms with van der Waals surface area (Å²) in [5, 5.41) is 2.66. The average Bonchev–Trinajstić information content (AvgIpc) is 1.79. The Hall–Kier alpha value is -1.06. The summed E-state index contributed by atoms with van der Waals surface area (Å²) in [5.41, 5.74) is -0.287. The molecular formula is C9H15NO3. The van der Waals surface area contributed by atoms with Gasteiger partial charge in [0.1, 0.15) is 11.9 Å². The average molecular weight is 185 g/mol. The molecule has 1 N–H and O–H groups in total. The number of carbonyl (C=O) groups excluding carboxylic acids is 2. The molecule has 0 heterocycles. The molecule has 0 atom stereocenters. The number of carbonyl (C=O) groups is 2. The van der Waals surface area contributed by atoms with E-state index in [0.29, 0.717) is 12.8 Å². The molecule has 0 aromatic rings. The largest absolute Gasteiger partial charge is 0.445 e. The van der Waals surface area contributed by atoms with Gasteiger partial charge in [-0.05, 0) is 20.8 Å². The molecule has 1 aliphatic carbocycles. The molecule has 4 nitrogen and oxygen atoms in total. The summed E-state index contributed by atoms with van der Waals surface area (Å²) in [7, 11) is 0. The van der Waals surface area contributed by atoms with Crippen molar-refractivity contribution in [2.75, 3.05) is 0 Å². The summed E-state index contributed by atoms with van der Waals surface area (Å²) in [6.45, 7) is 5.63. The highest BCUT2D eigenvalue weighted by molar-refractivity contribution is 5.86. The van der Waals surface area contributed by atoms with Gasteiger partial charge in [-0.3, -0.25) is 4.79 Å². The number of hydrogen-bond donors (Lipinski definition) is 1. The highest BCUT2D eigenvalue weighted by atomic mass is 16.6. The number of hydrogen-bond acceptors (Lipinski definition) is 3. The Morgan fingerprint density at radius 2 is 2.00 bits per heavy atom. The zero-order valence-corrected chi connectivity index (χ0v) is 8.22. The maximum atomic E-state index is 11.1. The zero-order valence-electron chi connectivity index (χ0n) is 8.22. The first kappa shape index (κ1) is 10.0. The SMILES string of the molecule is CC(C)(C)NC(=O)OC1CC(=O)C1. The molecule has 0 spiro atoms. The van der Waals surface area contributed by atoms with Crippen molar-refractivity contribution >= 4 is 11.9 Å². The second-order valence-corrected chi connectivity index (χ2v) is 4.35. The minimum absolute atomic E-state index is 0.161. The maximum absolute atomic E-state index is 11.1. The molecule has 1 fully saturated rings. The van der Waals surface area contributed by atoms with Crippen LogP contribution in [0.25, 0.3) is 0 Å². The molecule has 13 heavy (non-hydrogen) atoms. The second kappa shape index (κ2) is 3.36. The molecule has 1 rings (SSSR count). The lowest BCUT2D eigenvalue weighted by atomic mass is 9.94. The van der Waals surface area contributed by atoms with Crippen LogP contribution in [-0.4, -0.2) is 23.5 Å². The number of nitrogens with one attached hydrogen (secondary N) is 1. The predicted octanol–water partition coefficient (Wildman–Crippen LogP) is 1.24. The molecule has 0 aromatic heterocycles. The molecule has 74 valence electrons. The van der Waals surface area contributed by atoms with Crippen molar-refractivity contribution in [1.82, 2.24) is 5.32 Å². The number of rotatable bonds is 1. The third kappa shape index (κ3) is 3.44. The van der Waals surface area contributed by atoms with Crippen LogP contribution in [0.5, 0.6) is 0 Å². The first-order valence-electron chi connectivity index (χ1n) is 4.37. The monoisotopic (exact) mass is 185 g/mol. The van der Waals surface area contributed by atoms with Crippen molar-refractivity contribution in [3.05, 3.63) is 0 Å². The van der Waals surface area contributed by atoms with Gasteiger partial charge in [-0.1, -0.05) is 0 Å². The van der Waals surface area contributed by atoms with E-state index in [1.807, 2.05) is 20.8 Å². The highest BCUT2D eigenvalue weighted by Gasteiger charge is 2.30. The van der Waals surface area contributed by atoms with Crippen LogP contribution >= 0.6 is 0 Å². The normalized spacial score (nSPS) is 17.9. The molecule has 0 aliphatic heterocycles. The lowest BCUT2D eigenvalue weighted by Gasteiger charge is -2.27. The molecule has 0 unspecified atom stereocenters. The van der Waals surface area contributed by atoms with Crippen molar-refractivity contribution in [2.24, 2.45) is 0 Å². The number of ether oxygens (including phenoxy) is 1. The van der Waals surface area contributed by atoms with Gasteiger partial charge >= 0.3 is 6.09 Å². The fourth-order valence-electron chi connectivity index (χ4n) is 1.02. The maximum Gasteiger partial charge on any atom is 0.407 e. The van der Waals surface area contributed by atoms with E-state index in [0.717, 1.165) is 0 Å². The van der Waals surface area contributed by atoms with Gasteiger partial charge in [0.25, 0.3) is 0 Å². The van der Waals surface area contributed by atoms with Gasteiger partial charge in [0.2, 0.25) is 0 Å². The fraction of sp³-hybridized carbons (Fsp3) is 0.778. The van der Waals surface area contributed by atoms with E-state index >= 15 is 0 Å². The van der Waals surface area contributed by atoms with E-state index in [1.54, 1.807) is 0 Å². The van der Waals surface area contributed by atoms with E-state index in [4.69, 9.17) is 4.74 Å². The quantitative estimate of drug-likeness (QED) is 0.668. The number of ketones is 1.